The summed E-state index contributed by atoms with van der Waals surface area (Å²) in [5, 5.41) is 9.66. The molecular formula is C52H32N2O. The third-order valence-corrected chi connectivity index (χ3v) is 11.5. The van der Waals surface area contributed by atoms with Crippen LogP contribution < -0.4 is 0 Å². The number of furan rings is 1. The number of nitrogens with zero attached hydrogens (tertiary/aromatic N) is 2. The van der Waals surface area contributed by atoms with Gasteiger partial charge in [-0.05, 0) is 112 Å². The van der Waals surface area contributed by atoms with Crippen LogP contribution in [0.1, 0.15) is 0 Å². The van der Waals surface area contributed by atoms with Crippen LogP contribution in [0.2, 0.25) is 0 Å². The zero-order valence-electron chi connectivity index (χ0n) is 29.8. The summed E-state index contributed by atoms with van der Waals surface area (Å²) in [6.45, 7) is 0. The van der Waals surface area contributed by atoms with E-state index in [1.54, 1.807) is 0 Å². The van der Waals surface area contributed by atoms with Crippen LogP contribution in [0.5, 0.6) is 0 Å². The van der Waals surface area contributed by atoms with E-state index in [0.29, 0.717) is 0 Å². The second-order valence-electron chi connectivity index (χ2n) is 14.6. The molecule has 12 aromatic rings. The monoisotopic (exact) mass is 700 g/mol. The van der Waals surface area contributed by atoms with Crippen molar-refractivity contribution in [2.45, 2.75) is 0 Å². The van der Waals surface area contributed by atoms with Gasteiger partial charge in [-0.25, -0.2) is 0 Å². The predicted octanol–water partition coefficient (Wildman–Crippen LogP) is 14.3. The fourth-order valence-corrected chi connectivity index (χ4v) is 8.89. The lowest BCUT2D eigenvalue weighted by Crippen LogP contribution is -1.94. The molecule has 0 saturated carbocycles. The molecule has 0 amide bonds. The molecule has 0 unspecified atom stereocenters. The van der Waals surface area contributed by atoms with Gasteiger partial charge in [0.1, 0.15) is 11.2 Å². The van der Waals surface area contributed by atoms with Crippen LogP contribution in [0, 0.1) is 0 Å². The van der Waals surface area contributed by atoms with Crippen LogP contribution in [0.4, 0.5) is 0 Å². The van der Waals surface area contributed by atoms with E-state index in [-0.39, 0.29) is 0 Å². The van der Waals surface area contributed by atoms with Gasteiger partial charge in [0.05, 0.1) is 22.1 Å². The molecule has 0 radical (unpaired) electrons. The minimum Gasteiger partial charge on any atom is -0.456 e. The Morgan fingerprint density at radius 2 is 0.782 bits per heavy atom. The quantitative estimate of drug-likeness (QED) is 0.179. The van der Waals surface area contributed by atoms with E-state index in [4.69, 9.17) is 4.42 Å². The van der Waals surface area contributed by atoms with Crippen molar-refractivity contribution in [3.05, 3.63) is 194 Å². The second kappa shape index (κ2) is 11.6. The Kier molecular flexibility index (Phi) is 6.34. The van der Waals surface area contributed by atoms with E-state index in [0.717, 1.165) is 33.3 Å². The first-order valence-corrected chi connectivity index (χ1v) is 18.8. The van der Waals surface area contributed by atoms with Crippen molar-refractivity contribution in [2.24, 2.45) is 0 Å². The van der Waals surface area contributed by atoms with Crippen LogP contribution in [0.15, 0.2) is 199 Å². The standard InChI is InChI=1S/C52H32N2O/c1-3-11-33(12-4-1)36-19-24-47-43(28-36)44-29-37(20-25-48(44)53(47)39-15-5-2-6-16-39)38-21-26-49-45(30-38)46-27-34-13-7-8-14-35(34)31-50(46)54(49)40-22-23-42-41-17-9-10-18-51(41)55-52(42)32-40/h1-32H. The highest BCUT2D eigenvalue weighted by atomic mass is 16.3. The van der Waals surface area contributed by atoms with Gasteiger partial charge in [0, 0.05) is 49.8 Å². The van der Waals surface area contributed by atoms with Gasteiger partial charge in [-0.3, -0.25) is 0 Å². The van der Waals surface area contributed by atoms with Crippen LogP contribution >= 0.6 is 0 Å². The highest BCUT2D eigenvalue weighted by Gasteiger charge is 2.18. The smallest absolute Gasteiger partial charge is 0.137 e. The van der Waals surface area contributed by atoms with E-state index in [1.807, 2.05) is 12.1 Å². The summed E-state index contributed by atoms with van der Waals surface area (Å²) in [5.74, 6) is 0. The van der Waals surface area contributed by atoms with Crippen LogP contribution in [0.25, 0.3) is 110 Å². The van der Waals surface area contributed by atoms with Crippen molar-refractivity contribution in [1.82, 2.24) is 9.13 Å². The number of rotatable bonds is 4. The molecule has 0 aliphatic carbocycles. The van der Waals surface area contributed by atoms with E-state index >= 15 is 0 Å². The summed E-state index contributed by atoms with van der Waals surface area (Å²) in [5.41, 5.74) is 13.6. The lowest BCUT2D eigenvalue weighted by Gasteiger charge is -2.10. The van der Waals surface area contributed by atoms with Gasteiger partial charge in [-0.1, -0.05) is 109 Å². The molecule has 0 fully saturated rings. The molecule has 3 heterocycles. The Morgan fingerprint density at radius 1 is 0.273 bits per heavy atom. The molecule has 0 spiro atoms. The van der Waals surface area contributed by atoms with Gasteiger partial charge in [-0.15, -0.1) is 0 Å². The molecular weight excluding hydrogens is 669 g/mol. The minimum absolute atomic E-state index is 0.893. The Bertz CT molecular complexity index is 3470. The first kappa shape index (κ1) is 30.1. The number of benzene rings is 9. The zero-order chi connectivity index (χ0) is 36.0. The molecule has 256 valence electrons. The number of aromatic nitrogens is 2. The Hall–Kier alpha value is -7.36. The first-order valence-electron chi connectivity index (χ1n) is 18.8. The third kappa shape index (κ3) is 4.57. The minimum atomic E-state index is 0.893. The van der Waals surface area contributed by atoms with Crippen molar-refractivity contribution >= 4 is 76.3 Å². The number of hydrogen-bond donors (Lipinski definition) is 0. The van der Waals surface area contributed by atoms with Gasteiger partial charge in [-0.2, -0.15) is 0 Å². The molecule has 0 saturated heterocycles. The fraction of sp³-hybridized carbons (Fsp3) is 0. The SMILES string of the molecule is c1ccc(-c2ccc3c(c2)c2cc(-c4ccc5c(c4)c4cc6ccccc6cc4n5-c4ccc5c(c4)oc4ccccc45)ccc2n3-c2ccccc2)cc1. The lowest BCUT2D eigenvalue weighted by atomic mass is 9.99. The summed E-state index contributed by atoms with van der Waals surface area (Å²) in [6.07, 6.45) is 0. The molecule has 0 N–H and O–H groups in total. The predicted molar refractivity (Wildman–Crippen MR) is 231 cm³/mol. The van der Waals surface area contributed by atoms with E-state index < -0.39 is 0 Å². The van der Waals surface area contributed by atoms with Crippen molar-refractivity contribution in [3.63, 3.8) is 0 Å². The molecule has 9 aromatic carbocycles. The average Bonchev–Trinajstić information content (AvgIpc) is 3.89. The number of para-hydroxylation sites is 2. The zero-order valence-corrected chi connectivity index (χ0v) is 29.8. The van der Waals surface area contributed by atoms with Gasteiger partial charge in [0.25, 0.3) is 0 Å². The molecule has 3 aromatic heterocycles. The normalized spacial score (nSPS) is 12.0. The van der Waals surface area contributed by atoms with Gasteiger partial charge < -0.3 is 13.6 Å². The van der Waals surface area contributed by atoms with E-state index in [9.17, 15) is 0 Å². The third-order valence-electron chi connectivity index (χ3n) is 11.5. The summed E-state index contributed by atoms with van der Waals surface area (Å²) < 4.78 is 11.2. The van der Waals surface area contributed by atoms with Crippen molar-refractivity contribution in [1.29, 1.82) is 0 Å². The average molecular weight is 701 g/mol. The highest BCUT2D eigenvalue weighted by molar-refractivity contribution is 6.16. The summed E-state index contributed by atoms with van der Waals surface area (Å²) in [4.78, 5) is 0. The molecule has 3 heteroatoms. The topological polar surface area (TPSA) is 23.0 Å². The van der Waals surface area contributed by atoms with Crippen molar-refractivity contribution in [3.8, 4) is 33.6 Å². The molecule has 0 bridgehead atoms. The number of fused-ring (bicyclic) bond motifs is 10. The largest absolute Gasteiger partial charge is 0.456 e. The van der Waals surface area contributed by atoms with E-state index in [1.165, 1.54) is 76.6 Å². The Morgan fingerprint density at radius 3 is 1.45 bits per heavy atom. The van der Waals surface area contributed by atoms with Crippen LogP contribution in [-0.4, -0.2) is 9.13 Å². The number of hydrogen-bond acceptors (Lipinski definition) is 1. The summed E-state index contributed by atoms with van der Waals surface area (Å²) in [6, 6.07) is 70.4. The molecule has 3 nitrogen and oxygen atoms in total. The maximum atomic E-state index is 6.38. The maximum absolute atomic E-state index is 6.38. The molecule has 12 rings (SSSR count). The van der Waals surface area contributed by atoms with Crippen LogP contribution in [0.3, 0.4) is 0 Å². The Labute approximate surface area is 316 Å². The van der Waals surface area contributed by atoms with Crippen LogP contribution in [-0.2, 0) is 0 Å². The van der Waals surface area contributed by atoms with Crippen molar-refractivity contribution < 1.29 is 4.42 Å². The molecule has 0 aliphatic heterocycles. The van der Waals surface area contributed by atoms with Gasteiger partial charge in [0.2, 0.25) is 0 Å². The lowest BCUT2D eigenvalue weighted by molar-refractivity contribution is 0.668. The highest BCUT2D eigenvalue weighted by Crippen LogP contribution is 2.41. The summed E-state index contributed by atoms with van der Waals surface area (Å²) in [7, 11) is 0. The fourth-order valence-electron chi connectivity index (χ4n) is 8.89. The maximum Gasteiger partial charge on any atom is 0.137 e. The molecule has 0 aliphatic rings. The summed E-state index contributed by atoms with van der Waals surface area (Å²) >= 11 is 0. The van der Waals surface area contributed by atoms with Gasteiger partial charge in [0.15, 0.2) is 0 Å². The second-order valence-corrected chi connectivity index (χ2v) is 14.6. The first-order chi connectivity index (χ1) is 27.2. The Balaban J connectivity index is 1.09. The molecule has 0 atom stereocenters. The van der Waals surface area contributed by atoms with Crippen molar-refractivity contribution in [2.75, 3.05) is 0 Å². The van der Waals surface area contributed by atoms with Gasteiger partial charge >= 0.3 is 0 Å². The van der Waals surface area contributed by atoms with E-state index in [2.05, 4.69) is 191 Å². The molecule has 55 heavy (non-hydrogen) atoms.